The van der Waals surface area contributed by atoms with Crippen LogP contribution in [-0.4, -0.2) is 10.1 Å². The van der Waals surface area contributed by atoms with Crippen LogP contribution in [0.15, 0.2) is 17.6 Å². The van der Waals surface area contributed by atoms with Gasteiger partial charge in [0.25, 0.3) is 0 Å². The highest BCUT2D eigenvalue weighted by Crippen LogP contribution is 2.29. The second kappa shape index (κ2) is 1.51. The Bertz CT molecular complexity index is 322. The van der Waals surface area contributed by atoms with Crippen LogP contribution >= 0.6 is 11.3 Å². The van der Waals surface area contributed by atoms with E-state index in [1.165, 1.54) is 11.3 Å². The van der Waals surface area contributed by atoms with Gasteiger partial charge in [-0.2, -0.15) is 0 Å². The van der Waals surface area contributed by atoms with Crippen molar-refractivity contribution in [1.82, 2.24) is 4.98 Å². The Morgan fingerprint density at radius 1 is 1.56 bits per heavy atom. The molecule has 2 N–H and O–H groups in total. The van der Waals surface area contributed by atoms with E-state index in [2.05, 4.69) is 4.98 Å². The average molecular weight is 139 g/mol. The molecule has 0 saturated heterocycles. The van der Waals surface area contributed by atoms with Crippen LogP contribution in [-0.2, 0) is 0 Å². The Balaban J connectivity index is 2.99. The van der Waals surface area contributed by atoms with Crippen LogP contribution in [0.1, 0.15) is 0 Å². The van der Waals surface area contributed by atoms with Crippen molar-refractivity contribution in [2.75, 3.05) is 0 Å². The molecule has 2 aromatic rings. The zero-order valence-electron chi connectivity index (χ0n) is 4.59. The summed E-state index contributed by atoms with van der Waals surface area (Å²) in [5.41, 5.74) is 0. The van der Waals surface area contributed by atoms with Crippen molar-refractivity contribution in [3.8, 4) is 5.75 Å². The van der Waals surface area contributed by atoms with Gasteiger partial charge in [-0.25, -0.2) is 0 Å². The number of thiophene rings is 1. The van der Waals surface area contributed by atoms with Crippen LogP contribution < -0.4 is 0 Å². The van der Waals surface area contributed by atoms with E-state index in [1.54, 1.807) is 5.38 Å². The number of hydrogen-bond acceptors (Lipinski definition) is 2. The first-order valence-electron chi connectivity index (χ1n) is 2.61. The van der Waals surface area contributed by atoms with Gasteiger partial charge >= 0.3 is 0 Å². The lowest BCUT2D eigenvalue weighted by molar-refractivity contribution is 0.484. The smallest absolute Gasteiger partial charge is 0.135 e. The van der Waals surface area contributed by atoms with E-state index < -0.39 is 0 Å². The van der Waals surface area contributed by atoms with Gasteiger partial charge in [0.1, 0.15) is 10.6 Å². The third-order valence-corrected chi connectivity index (χ3v) is 2.19. The highest BCUT2D eigenvalue weighted by atomic mass is 32.1. The van der Waals surface area contributed by atoms with Crippen molar-refractivity contribution in [3.05, 3.63) is 17.6 Å². The highest BCUT2D eigenvalue weighted by Gasteiger charge is 1.99. The van der Waals surface area contributed by atoms with E-state index in [1.807, 2.05) is 12.3 Å². The van der Waals surface area contributed by atoms with E-state index in [9.17, 15) is 0 Å². The molecule has 46 valence electrons. The van der Waals surface area contributed by atoms with Crippen molar-refractivity contribution in [1.29, 1.82) is 0 Å². The maximum Gasteiger partial charge on any atom is 0.135 e. The van der Waals surface area contributed by atoms with Crippen molar-refractivity contribution >= 4 is 21.6 Å². The fourth-order valence-electron chi connectivity index (χ4n) is 0.832. The van der Waals surface area contributed by atoms with Gasteiger partial charge in [-0.05, 0) is 6.07 Å². The molecule has 0 bridgehead atoms. The lowest BCUT2D eigenvalue weighted by Gasteiger charge is -1.76. The number of fused-ring (bicyclic) bond motifs is 1. The van der Waals surface area contributed by atoms with Gasteiger partial charge in [-0.1, -0.05) is 0 Å². The minimum Gasteiger partial charge on any atom is -0.506 e. The first kappa shape index (κ1) is 4.88. The molecular formula is C6H5NOS. The molecule has 2 rings (SSSR count). The van der Waals surface area contributed by atoms with E-state index in [-0.39, 0.29) is 0 Å². The molecule has 2 aromatic heterocycles. The molecule has 0 aliphatic heterocycles. The monoisotopic (exact) mass is 139 g/mol. The Morgan fingerprint density at radius 3 is 3.22 bits per heavy atom. The number of aromatic hydroxyl groups is 1. The standard InChI is InChI=1S/C6H5NOS/c8-5-3-9-6-4(5)1-2-7-6/h1-3,7-8H. The van der Waals surface area contributed by atoms with Crippen LogP contribution in [0.3, 0.4) is 0 Å². The van der Waals surface area contributed by atoms with Crippen LogP contribution in [0.25, 0.3) is 10.2 Å². The van der Waals surface area contributed by atoms with Gasteiger partial charge in [0.05, 0.1) is 5.39 Å². The SMILES string of the molecule is Oc1csc2[nH]ccc12. The van der Waals surface area contributed by atoms with Gasteiger partial charge < -0.3 is 10.1 Å². The molecule has 0 aromatic carbocycles. The van der Waals surface area contributed by atoms with Crippen LogP contribution in [0.5, 0.6) is 5.75 Å². The number of nitrogens with one attached hydrogen (secondary N) is 1. The maximum absolute atomic E-state index is 9.09. The van der Waals surface area contributed by atoms with Crippen molar-refractivity contribution < 1.29 is 5.11 Å². The molecule has 0 saturated carbocycles. The fourth-order valence-corrected chi connectivity index (χ4v) is 1.62. The predicted molar refractivity (Wildman–Crippen MR) is 37.8 cm³/mol. The molecule has 2 heterocycles. The van der Waals surface area contributed by atoms with Crippen LogP contribution in [0.2, 0.25) is 0 Å². The number of H-pyrrole nitrogens is 1. The molecule has 9 heavy (non-hydrogen) atoms. The Kier molecular flexibility index (Phi) is 0.818. The molecule has 0 unspecified atom stereocenters. The zero-order valence-corrected chi connectivity index (χ0v) is 5.40. The summed E-state index contributed by atoms with van der Waals surface area (Å²) in [7, 11) is 0. The van der Waals surface area contributed by atoms with E-state index in [0.717, 1.165) is 10.2 Å². The average Bonchev–Trinajstić information content (AvgIpc) is 2.35. The number of hydrogen-bond donors (Lipinski definition) is 2. The third kappa shape index (κ3) is 0.549. The predicted octanol–water partition coefficient (Wildman–Crippen LogP) is 1.93. The largest absolute Gasteiger partial charge is 0.506 e. The van der Waals surface area contributed by atoms with E-state index >= 15 is 0 Å². The second-order valence-electron chi connectivity index (χ2n) is 1.84. The van der Waals surface area contributed by atoms with E-state index in [4.69, 9.17) is 5.11 Å². The Morgan fingerprint density at radius 2 is 2.44 bits per heavy atom. The minimum atomic E-state index is 0.372. The van der Waals surface area contributed by atoms with Gasteiger partial charge in [-0.15, -0.1) is 11.3 Å². The molecule has 3 heteroatoms. The topological polar surface area (TPSA) is 36.0 Å². The maximum atomic E-state index is 9.09. The molecule has 2 nitrogen and oxygen atoms in total. The quantitative estimate of drug-likeness (QED) is 0.574. The van der Waals surface area contributed by atoms with Gasteiger partial charge in [0, 0.05) is 11.6 Å². The highest BCUT2D eigenvalue weighted by molar-refractivity contribution is 7.17. The van der Waals surface area contributed by atoms with Gasteiger partial charge in [0.15, 0.2) is 0 Å². The summed E-state index contributed by atoms with van der Waals surface area (Å²) in [4.78, 5) is 4.03. The van der Waals surface area contributed by atoms with Gasteiger partial charge in [-0.3, -0.25) is 0 Å². The number of aromatic nitrogens is 1. The zero-order chi connectivity index (χ0) is 6.27. The summed E-state index contributed by atoms with van der Waals surface area (Å²) in [5, 5.41) is 11.7. The van der Waals surface area contributed by atoms with Crippen molar-refractivity contribution in [3.63, 3.8) is 0 Å². The normalized spacial score (nSPS) is 10.7. The van der Waals surface area contributed by atoms with Crippen molar-refractivity contribution in [2.45, 2.75) is 0 Å². The summed E-state index contributed by atoms with van der Waals surface area (Å²) >= 11 is 1.52. The lowest BCUT2D eigenvalue weighted by Crippen LogP contribution is -1.50. The molecule has 0 aliphatic rings. The summed E-state index contributed by atoms with van der Waals surface area (Å²) in [5.74, 6) is 0.372. The summed E-state index contributed by atoms with van der Waals surface area (Å²) in [6.45, 7) is 0. The summed E-state index contributed by atoms with van der Waals surface area (Å²) in [6.07, 6.45) is 1.82. The Hall–Kier alpha value is -0.960. The van der Waals surface area contributed by atoms with Crippen LogP contribution in [0, 0.1) is 0 Å². The summed E-state index contributed by atoms with van der Waals surface area (Å²) < 4.78 is 0. The first-order chi connectivity index (χ1) is 4.38. The first-order valence-corrected chi connectivity index (χ1v) is 3.49. The molecule has 0 atom stereocenters. The molecule has 0 spiro atoms. The summed E-state index contributed by atoms with van der Waals surface area (Å²) in [6, 6.07) is 1.86. The van der Waals surface area contributed by atoms with Crippen molar-refractivity contribution in [2.24, 2.45) is 0 Å². The molecule has 0 fully saturated rings. The van der Waals surface area contributed by atoms with Crippen LogP contribution in [0.4, 0.5) is 0 Å². The molecule has 0 amide bonds. The molecular weight excluding hydrogens is 134 g/mol. The number of aromatic amines is 1. The van der Waals surface area contributed by atoms with E-state index in [0.29, 0.717) is 5.75 Å². The minimum absolute atomic E-state index is 0.372. The Labute approximate surface area is 55.8 Å². The molecule has 0 radical (unpaired) electrons. The lowest BCUT2D eigenvalue weighted by atomic mass is 10.4. The number of rotatable bonds is 0. The molecule has 0 aliphatic carbocycles. The fraction of sp³-hybridized carbons (Fsp3) is 0. The third-order valence-electron chi connectivity index (χ3n) is 1.27. The van der Waals surface area contributed by atoms with Gasteiger partial charge in [0.2, 0.25) is 0 Å². The second-order valence-corrected chi connectivity index (χ2v) is 2.72.